The van der Waals surface area contributed by atoms with E-state index in [0.717, 1.165) is 68.7 Å². The molecule has 1 atom stereocenters. The molecule has 1 N–H and O–H groups in total. The maximum atomic E-state index is 5.47. The number of hydrogen-bond acceptors (Lipinski definition) is 6. The van der Waals surface area contributed by atoms with Gasteiger partial charge in [-0.05, 0) is 32.5 Å². The lowest BCUT2D eigenvalue weighted by molar-refractivity contribution is 0.193. The summed E-state index contributed by atoms with van der Waals surface area (Å²) in [6, 6.07) is 10.4. The van der Waals surface area contributed by atoms with E-state index in [4.69, 9.17) is 9.72 Å². The van der Waals surface area contributed by atoms with E-state index in [1.54, 1.807) is 6.33 Å². The lowest BCUT2D eigenvalue weighted by Crippen LogP contribution is -2.26. The Morgan fingerprint density at radius 1 is 1.29 bits per heavy atom. The molecule has 1 aromatic carbocycles. The molecule has 0 amide bonds. The van der Waals surface area contributed by atoms with Gasteiger partial charge < -0.3 is 14.6 Å². The number of anilines is 1. The van der Waals surface area contributed by atoms with Crippen LogP contribution in [0.3, 0.4) is 0 Å². The summed E-state index contributed by atoms with van der Waals surface area (Å²) in [4.78, 5) is 15.9. The summed E-state index contributed by atoms with van der Waals surface area (Å²) >= 11 is 0. The van der Waals surface area contributed by atoms with Gasteiger partial charge in [0.2, 0.25) is 0 Å². The standard InChI is InChI=1S/C21H28N6O/c1-3-27-19-7-5-4-6-17(19)25-21(27)13-26(2)10-9-22-20-12-18(23-15-24-20)16-8-11-28-14-16/h4-7,12,15-16H,3,8-11,13-14H2,1-2H3,(H,22,23,24)/t16-/m0/s1. The maximum Gasteiger partial charge on any atom is 0.129 e. The van der Waals surface area contributed by atoms with Gasteiger partial charge >= 0.3 is 0 Å². The minimum absolute atomic E-state index is 0.397. The van der Waals surface area contributed by atoms with Gasteiger partial charge in [-0.1, -0.05) is 12.1 Å². The Morgan fingerprint density at radius 2 is 2.18 bits per heavy atom. The molecular weight excluding hydrogens is 352 g/mol. The van der Waals surface area contributed by atoms with Crippen LogP contribution in [0.4, 0.5) is 5.82 Å². The zero-order valence-corrected chi connectivity index (χ0v) is 16.6. The molecule has 3 aromatic rings. The molecule has 0 spiro atoms. The van der Waals surface area contributed by atoms with E-state index >= 15 is 0 Å². The maximum absolute atomic E-state index is 5.47. The SMILES string of the molecule is CCn1c(CN(C)CCNc2cc([C@H]3CCOC3)ncn2)nc2ccccc21. The highest BCUT2D eigenvalue weighted by atomic mass is 16.5. The smallest absolute Gasteiger partial charge is 0.129 e. The van der Waals surface area contributed by atoms with Crippen LogP contribution in [0.5, 0.6) is 0 Å². The molecule has 0 bridgehead atoms. The predicted molar refractivity (Wildman–Crippen MR) is 110 cm³/mol. The van der Waals surface area contributed by atoms with Crippen LogP contribution in [0.25, 0.3) is 11.0 Å². The van der Waals surface area contributed by atoms with Gasteiger partial charge in [0.05, 0.1) is 29.9 Å². The highest BCUT2D eigenvalue weighted by Gasteiger charge is 2.19. The van der Waals surface area contributed by atoms with E-state index in [-0.39, 0.29) is 0 Å². The number of para-hydroxylation sites is 2. The summed E-state index contributed by atoms with van der Waals surface area (Å²) in [5.41, 5.74) is 3.34. The first-order valence-electron chi connectivity index (χ1n) is 10.0. The monoisotopic (exact) mass is 380 g/mol. The lowest BCUT2D eigenvalue weighted by atomic mass is 10.1. The second kappa shape index (κ2) is 8.67. The van der Waals surface area contributed by atoms with E-state index in [1.165, 1.54) is 5.52 Å². The van der Waals surface area contributed by atoms with Crippen LogP contribution in [0.1, 0.15) is 30.8 Å². The van der Waals surface area contributed by atoms with Gasteiger partial charge in [0, 0.05) is 38.2 Å². The Labute approximate surface area is 165 Å². The number of aromatic nitrogens is 4. The summed E-state index contributed by atoms with van der Waals surface area (Å²) in [6.45, 7) is 7.22. The third kappa shape index (κ3) is 4.15. The van der Waals surface area contributed by atoms with E-state index < -0.39 is 0 Å². The second-order valence-electron chi connectivity index (χ2n) is 7.31. The predicted octanol–water partition coefficient (Wildman–Crippen LogP) is 2.89. The molecule has 0 aliphatic carbocycles. The number of likely N-dealkylation sites (N-methyl/N-ethyl adjacent to an activating group) is 1. The molecule has 3 heterocycles. The summed E-state index contributed by atoms with van der Waals surface area (Å²) in [5.74, 6) is 2.39. The molecule has 4 rings (SSSR count). The Bertz CT molecular complexity index is 918. The highest BCUT2D eigenvalue weighted by molar-refractivity contribution is 5.75. The van der Waals surface area contributed by atoms with Crippen molar-refractivity contribution in [2.75, 3.05) is 38.7 Å². The summed E-state index contributed by atoms with van der Waals surface area (Å²) in [7, 11) is 2.13. The molecule has 1 aliphatic heterocycles. The number of nitrogens with zero attached hydrogens (tertiary/aromatic N) is 5. The van der Waals surface area contributed by atoms with Gasteiger partial charge in [-0.2, -0.15) is 0 Å². The van der Waals surface area contributed by atoms with Crippen LogP contribution in [-0.4, -0.2) is 57.8 Å². The molecular formula is C21H28N6O. The first-order valence-corrected chi connectivity index (χ1v) is 10.0. The van der Waals surface area contributed by atoms with Crippen molar-refractivity contribution in [2.24, 2.45) is 0 Å². The van der Waals surface area contributed by atoms with Crippen molar-refractivity contribution < 1.29 is 4.74 Å². The molecule has 0 unspecified atom stereocenters. The van der Waals surface area contributed by atoms with Crippen molar-refractivity contribution in [2.45, 2.75) is 32.4 Å². The fourth-order valence-corrected chi connectivity index (χ4v) is 3.75. The van der Waals surface area contributed by atoms with Gasteiger partial charge in [-0.15, -0.1) is 0 Å². The Hall–Kier alpha value is -2.51. The van der Waals surface area contributed by atoms with Crippen molar-refractivity contribution in [3.05, 3.63) is 48.2 Å². The van der Waals surface area contributed by atoms with Crippen LogP contribution in [0.2, 0.25) is 0 Å². The molecule has 2 aromatic heterocycles. The summed E-state index contributed by atoms with van der Waals surface area (Å²) in [5, 5.41) is 3.42. The van der Waals surface area contributed by atoms with Crippen molar-refractivity contribution in [3.63, 3.8) is 0 Å². The molecule has 1 fully saturated rings. The van der Waals surface area contributed by atoms with Crippen molar-refractivity contribution in [1.82, 2.24) is 24.4 Å². The molecule has 28 heavy (non-hydrogen) atoms. The van der Waals surface area contributed by atoms with Crippen molar-refractivity contribution >= 4 is 16.9 Å². The van der Waals surface area contributed by atoms with Gasteiger partial charge in [0.25, 0.3) is 0 Å². The fourth-order valence-electron chi connectivity index (χ4n) is 3.75. The number of nitrogens with one attached hydrogen (secondary N) is 1. The van der Waals surface area contributed by atoms with E-state index in [9.17, 15) is 0 Å². The molecule has 0 saturated carbocycles. The number of fused-ring (bicyclic) bond motifs is 1. The number of aryl methyl sites for hydroxylation is 1. The van der Waals surface area contributed by atoms with Gasteiger partial charge in [-0.3, -0.25) is 4.90 Å². The summed E-state index contributed by atoms with van der Waals surface area (Å²) < 4.78 is 7.76. The van der Waals surface area contributed by atoms with Crippen molar-refractivity contribution in [3.8, 4) is 0 Å². The summed E-state index contributed by atoms with van der Waals surface area (Å²) in [6.07, 6.45) is 2.68. The van der Waals surface area contributed by atoms with Crippen LogP contribution in [0.15, 0.2) is 36.7 Å². The minimum Gasteiger partial charge on any atom is -0.381 e. The largest absolute Gasteiger partial charge is 0.381 e. The van der Waals surface area contributed by atoms with E-state index in [1.807, 2.05) is 6.07 Å². The average molecular weight is 380 g/mol. The third-order valence-electron chi connectivity index (χ3n) is 5.30. The number of ether oxygens (including phenoxy) is 1. The van der Waals surface area contributed by atoms with E-state index in [2.05, 4.69) is 63.0 Å². The zero-order valence-electron chi connectivity index (χ0n) is 16.6. The average Bonchev–Trinajstić information content (AvgIpc) is 3.36. The van der Waals surface area contributed by atoms with Crippen LogP contribution in [-0.2, 0) is 17.8 Å². The van der Waals surface area contributed by atoms with Gasteiger partial charge in [-0.25, -0.2) is 15.0 Å². The quantitative estimate of drug-likeness (QED) is 0.648. The first kappa shape index (κ1) is 18.8. The highest BCUT2D eigenvalue weighted by Crippen LogP contribution is 2.24. The normalized spacial score (nSPS) is 16.9. The number of hydrogen-bond donors (Lipinski definition) is 1. The third-order valence-corrected chi connectivity index (χ3v) is 5.30. The van der Waals surface area contributed by atoms with Gasteiger partial charge in [0.15, 0.2) is 0 Å². The van der Waals surface area contributed by atoms with Crippen LogP contribution < -0.4 is 5.32 Å². The molecule has 1 aliphatic rings. The Kier molecular flexibility index (Phi) is 5.83. The zero-order chi connectivity index (χ0) is 19.3. The molecule has 148 valence electrons. The van der Waals surface area contributed by atoms with Gasteiger partial charge in [0.1, 0.15) is 18.0 Å². The Morgan fingerprint density at radius 3 is 3.00 bits per heavy atom. The number of rotatable bonds is 8. The number of benzene rings is 1. The molecule has 7 nitrogen and oxygen atoms in total. The second-order valence-corrected chi connectivity index (χ2v) is 7.31. The van der Waals surface area contributed by atoms with Crippen LogP contribution >= 0.6 is 0 Å². The van der Waals surface area contributed by atoms with E-state index in [0.29, 0.717) is 5.92 Å². The first-order chi connectivity index (χ1) is 13.7. The lowest BCUT2D eigenvalue weighted by Gasteiger charge is -2.18. The fraction of sp³-hybridized carbons (Fsp3) is 0.476. The molecule has 1 saturated heterocycles. The Balaban J connectivity index is 1.33. The topological polar surface area (TPSA) is 68.1 Å². The number of imidazole rings is 1. The van der Waals surface area contributed by atoms with Crippen LogP contribution in [0, 0.1) is 0 Å². The molecule has 7 heteroatoms. The molecule has 0 radical (unpaired) electrons. The minimum atomic E-state index is 0.397. The van der Waals surface area contributed by atoms with Crippen molar-refractivity contribution in [1.29, 1.82) is 0 Å².